The zero-order valence-electron chi connectivity index (χ0n) is 17.5. The van der Waals surface area contributed by atoms with Crippen molar-refractivity contribution < 1.29 is 4.74 Å². The first-order valence-electron chi connectivity index (χ1n) is 9.35. The van der Waals surface area contributed by atoms with E-state index in [4.69, 9.17) is 9.73 Å². The SMILES string of the molecule is COCCN(C)C1=NC(c2ccncc2)N(C)C(N/N=C/c2cc(C)c(C)s2)=N1. The standard InChI is InChI=1S/C20H27N7OS/c1-14-12-17(29-15(14)2)13-22-25-20-24-19(26(3)10-11-28-5)23-18(27(20)4)16-6-8-21-9-7-16/h6-9,12-13,18H,10-11H2,1-5H3,(H,23,24,25)/b22-13+. The number of nitrogens with zero attached hydrogens (tertiary/aromatic N) is 6. The van der Waals surface area contributed by atoms with Crippen LogP contribution in [-0.2, 0) is 4.74 Å². The molecule has 1 aliphatic heterocycles. The number of hydrogen-bond acceptors (Lipinski definition) is 9. The number of methoxy groups -OCH3 is 1. The molecule has 3 heterocycles. The molecule has 0 fully saturated rings. The second-order valence-electron chi connectivity index (χ2n) is 6.80. The fraction of sp³-hybridized carbons (Fsp3) is 0.400. The number of thiophene rings is 1. The second-order valence-corrected chi connectivity index (χ2v) is 8.09. The number of pyridine rings is 1. The molecular weight excluding hydrogens is 386 g/mol. The molecule has 9 heteroatoms. The zero-order chi connectivity index (χ0) is 20.8. The molecule has 0 aromatic carbocycles. The van der Waals surface area contributed by atoms with E-state index in [-0.39, 0.29) is 6.17 Å². The van der Waals surface area contributed by atoms with E-state index in [1.807, 2.05) is 42.2 Å². The molecule has 0 saturated carbocycles. The lowest BCUT2D eigenvalue weighted by Gasteiger charge is -2.33. The summed E-state index contributed by atoms with van der Waals surface area (Å²) in [4.78, 5) is 19.9. The van der Waals surface area contributed by atoms with Crippen molar-refractivity contribution in [1.82, 2.24) is 20.2 Å². The van der Waals surface area contributed by atoms with Crippen molar-refractivity contribution >= 4 is 29.5 Å². The summed E-state index contributed by atoms with van der Waals surface area (Å²) in [5.41, 5.74) is 5.39. The van der Waals surface area contributed by atoms with Crippen LogP contribution in [-0.4, -0.2) is 67.3 Å². The van der Waals surface area contributed by atoms with E-state index in [0.29, 0.717) is 25.1 Å². The van der Waals surface area contributed by atoms with Gasteiger partial charge in [0.05, 0.1) is 12.8 Å². The molecule has 1 aliphatic rings. The first-order valence-corrected chi connectivity index (χ1v) is 10.2. The van der Waals surface area contributed by atoms with Crippen molar-refractivity contribution in [2.24, 2.45) is 15.1 Å². The van der Waals surface area contributed by atoms with Crippen molar-refractivity contribution in [2.75, 3.05) is 34.4 Å². The van der Waals surface area contributed by atoms with Gasteiger partial charge in [0.25, 0.3) is 0 Å². The van der Waals surface area contributed by atoms with Gasteiger partial charge in [-0.15, -0.1) is 11.3 Å². The highest BCUT2D eigenvalue weighted by molar-refractivity contribution is 7.13. The highest BCUT2D eigenvalue weighted by atomic mass is 32.1. The molecule has 1 atom stereocenters. The minimum absolute atomic E-state index is 0.223. The highest BCUT2D eigenvalue weighted by Gasteiger charge is 2.26. The number of guanidine groups is 2. The highest BCUT2D eigenvalue weighted by Crippen LogP contribution is 2.24. The van der Waals surface area contributed by atoms with Crippen LogP contribution in [0.5, 0.6) is 0 Å². The molecule has 0 bridgehead atoms. The molecule has 2 aromatic heterocycles. The molecule has 0 amide bonds. The van der Waals surface area contributed by atoms with Crippen molar-refractivity contribution in [1.29, 1.82) is 0 Å². The quantitative estimate of drug-likeness (QED) is 0.582. The first-order chi connectivity index (χ1) is 14.0. The number of ether oxygens (including phenoxy) is 1. The molecule has 1 N–H and O–H groups in total. The second kappa shape index (κ2) is 9.62. The lowest BCUT2D eigenvalue weighted by atomic mass is 10.2. The Morgan fingerprint density at radius 2 is 2.10 bits per heavy atom. The zero-order valence-corrected chi connectivity index (χ0v) is 18.3. The summed E-state index contributed by atoms with van der Waals surface area (Å²) >= 11 is 1.72. The van der Waals surface area contributed by atoms with E-state index >= 15 is 0 Å². The molecular formula is C20H27N7OS. The van der Waals surface area contributed by atoms with E-state index in [0.717, 1.165) is 10.4 Å². The molecule has 2 aromatic rings. The molecule has 0 radical (unpaired) electrons. The van der Waals surface area contributed by atoms with E-state index in [2.05, 4.69) is 40.4 Å². The summed E-state index contributed by atoms with van der Waals surface area (Å²) < 4.78 is 5.19. The van der Waals surface area contributed by atoms with Gasteiger partial charge >= 0.3 is 0 Å². The minimum atomic E-state index is -0.223. The fourth-order valence-corrected chi connectivity index (χ4v) is 3.70. The van der Waals surface area contributed by atoms with E-state index < -0.39 is 0 Å². The van der Waals surface area contributed by atoms with Crippen molar-refractivity contribution in [3.8, 4) is 0 Å². The van der Waals surface area contributed by atoms with Gasteiger partial charge in [-0.2, -0.15) is 10.1 Å². The van der Waals surface area contributed by atoms with Gasteiger partial charge in [-0.25, -0.2) is 10.4 Å². The molecule has 29 heavy (non-hydrogen) atoms. The van der Waals surface area contributed by atoms with Gasteiger partial charge in [0.1, 0.15) is 0 Å². The Balaban J connectivity index is 1.83. The predicted octanol–water partition coefficient (Wildman–Crippen LogP) is 2.62. The van der Waals surface area contributed by atoms with E-state index in [9.17, 15) is 0 Å². The largest absolute Gasteiger partial charge is 0.383 e. The van der Waals surface area contributed by atoms with Crippen LogP contribution in [0.15, 0.2) is 45.7 Å². The Morgan fingerprint density at radius 3 is 2.76 bits per heavy atom. The summed E-state index contributed by atoms with van der Waals surface area (Å²) in [7, 11) is 5.58. The number of rotatable bonds is 6. The molecule has 3 rings (SSSR count). The number of nitrogens with one attached hydrogen (secondary N) is 1. The van der Waals surface area contributed by atoms with Gasteiger partial charge < -0.3 is 14.5 Å². The number of likely N-dealkylation sites (N-methyl/N-ethyl adjacent to an activating group) is 1. The van der Waals surface area contributed by atoms with Gasteiger partial charge in [0, 0.05) is 49.9 Å². The molecule has 1 unspecified atom stereocenters. The number of aliphatic imine (C=N–C) groups is 2. The summed E-state index contributed by atoms with van der Waals surface area (Å²) in [5, 5.41) is 4.41. The molecule has 8 nitrogen and oxygen atoms in total. The van der Waals surface area contributed by atoms with Crippen LogP contribution in [0.1, 0.15) is 27.0 Å². The van der Waals surface area contributed by atoms with Crippen molar-refractivity contribution in [3.05, 3.63) is 51.5 Å². The van der Waals surface area contributed by atoms with Gasteiger partial charge in [0.15, 0.2) is 6.17 Å². The lowest BCUT2D eigenvalue weighted by Crippen LogP contribution is -2.44. The van der Waals surface area contributed by atoms with E-state index in [1.165, 1.54) is 10.4 Å². The van der Waals surface area contributed by atoms with E-state index in [1.54, 1.807) is 30.8 Å². The third-order valence-electron chi connectivity index (χ3n) is 4.66. The van der Waals surface area contributed by atoms with Gasteiger partial charge in [-0.3, -0.25) is 4.98 Å². The number of aryl methyl sites for hydroxylation is 2. The van der Waals surface area contributed by atoms with Gasteiger partial charge in [-0.05, 0) is 43.2 Å². The maximum absolute atomic E-state index is 5.19. The average molecular weight is 414 g/mol. The monoisotopic (exact) mass is 413 g/mol. The maximum Gasteiger partial charge on any atom is 0.226 e. The fourth-order valence-electron chi connectivity index (χ4n) is 2.78. The molecule has 0 saturated heterocycles. The summed E-state index contributed by atoms with van der Waals surface area (Å²) in [5.74, 6) is 1.25. The van der Waals surface area contributed by atoms with Crippen molar-refractivity contribution in [3.63, 3.8) is 0 Å². The Kier molecular flexibility index (Phi) is 6.95. The smallest absolute Gasteiger partial charge is 0.226 e. The third-order valence-corrected chi connectivity index (χ3v) is 5.75. The molecule has 154 valence electrons. The number of hydrogen-bond donors (Lipinski definition) is 1. The average Bonchev–Trinajstić information content (AvgIpc) is 3.05. The maximum atomic E-state index is 5.19. The molecule has 0 aliphatic carbocycles. The normalized spacial score (nSPS) is 16.7. The summed E-state index contributed by atoms with van der Waals surface area (Å²) in [6.45, 7) is 5.50. The van der Waals surface area contributed by atoms with Crippen LogP contribution < -0.4 is 5.43 Å². The summed E-state index contributed by atoms with van der Waals surface area (Å²) in [6, 6.07) is 6.05. The van der Waals surface area contributed by atoms with Crippen LogP contribution in [0, 0.1) is 13.8 Å². The Bertz CT molecular complexity index is 887. The topological polar surface area (TPSA) is 77.7 Å². The number of hydrazone groups is 1. The number of aromatic nitrogens is 1. The molecule has 0 spiro atoms. The Morgan fingerprint density at radius 1 is 1.34 bits per heavy atom. The van der Waals surface area contributed by atoms with Crippen LogP contribution in [0.25, 0.3) is 0 Å². The van der Waals surface area contributed by atoms with Gasteiger partial charge in [0.2, 0.25) is 11.9 Å². The summed E-state index contributed by atoms with van der Waals surface area (Å²) in [6.07, 6.45) is 5.14. The van der Waals surface area contributed by atoms with Gasteiger partial charge in [-0.1, -0.05) is 0 Å². The van der Waals surface area contributed by atoms with Crippen LogP contribution >= 0.6 is 11.3 Å². The first kappa shape index (κ1) is 20.9. The lowest BCUT2D eigenvalue weighted by molar-refractivity contribution is 0.181. The van der Waals surface area contributed by atoms with Crippen LogP contribution in [0.4, 0.5) is 0 Å². The Labute approximate surface area is 175 Å². The van der Waals surface area contributed by atoms with Crippen molar-refractivity contribution in [2.45, 2.75) is 20.0 Å². The predicted molar refractivity (Wildman–Crippen MR) is 119 cm³/mol. The Hall–Kier alpha value is -2.78. The third kappa shape index (κ3) is 5.18. The van der Waals surface area contributed by atoms with Crippen LogP contribution in [0.3, 0.4) is 0 Å². The minimum Gasteiger partial charge on any atom is -0.383 e. The van der Waals surface area contributed by atoms with Crippen LogP contribution in [0.2, 0.25) is 0 Å².